The molecule has 1 aliphatic carbocycles. The summed E-state index contributed by atoms with van der Waals surface area (Å²) >= 11 is 0. The van der Waals surface area contributed by atoms with Crippen LogP contribution in [0, 0.1) is 15.5 Å². The molecule has 116 valence electrons. The van der Waals surface area contributed by atoms with Gasteiger partial charge in [-0.05, 0) is 6.42 Å². The van der Waals surface area contributed by atoms with Gasteiger partial charge < -0.3 is 19.9 Å². The summed E-state index contributed by atoms with van der Waals surface area (Å²) in [6.45, 7) is 3.84. The Bertz CT molecular complexity index is 559. The van der Waals surface area contributed by atoms with Crippen LogP contribution in [0.1, 0.15) is 20.3 Å². The summed E-state index contributed by atoms with van der Waals surface area (Å²) in [6, 6.07) is 2.85. The molecular formula is C14H20N2O5. The minimum absolute atomic E-state index is 0.0377. The lowest BCUT2D eigenvalue weighted by molar-refractivity contribution is -0.384. The number of nitrogens with zero attached hydrogens (tertiary/aromatic N) is 1. The van der Waals surface area contributed by atoms with Crippen molar-refractivity contribution >= 4 is 11.4 Å². The Kier molecular flexibility index (Phi) is 3.95. The largest absolute Gasteiger partial charge is 0.493 e. The summed E-state index contributed by atoms with van der Waals surface area (Å²) in [4.78, 5) is 10.8. The quantitative estimate of drug-likeness (QED) is 0.639. The normalized spacial score (nSPS) is 23.1. The average Bonchev–Trinajstić information content (AvgIpc) is 2.45. The molecule has 1 aromatic rings. The number of rotatable bonds is 5. The first-order valence-electron chi connectivity index (χ1n) is 6.66. The van der Waals surface area contributed by atoms with E-state index in [1.165, 1.54) is 20.3 Å². The molecule has 21 heavy (non-hydrogen) atoms. The van der Waals surface area contributed by atoms with Gasteiger partial charge in [0.05, 0.1) is 31.3 Å². The first kappa shape index (κ1) is 15.4. The second kappa shape index (κ2) is 5.40. The van der Waals surface area contributed by atoms with Crippen molar-refractivity contribution in [2.75, 3.05) is 19.5 Å². The van der Waals surface area contributed by atoms with Gasteiger partial charge in [0, 0.05) is 17.5 Å². The van der Waals surface area contributed by atoms with Gasteiger partial charge in [0.25, 0.3) is 5.69 Å². The Balaban J connectivity index is 2.36. The van der Waals surface area contributed by atoms with Crippen LogP contribution >= 0.6 is 0 Å². The Morgan fingerprint density at radius 1 is 1.33 bits per heavy atom. The first-order chi connectivity index (χ1) is 9.81. The lowest BCUT2D eigenvalue weighted by Gasteiger charge is -2.49. The van der Waals surface area contributed by atoms with Gasteiger partial charge in [0.15, 0.2) is 11.5 Å². The maximum atomic E-state index is 11.2. The molecule has 7 nitrogen and oxygen atoms in total. The van der Waals surface area contributed by atoms with Crippen LogP contribution in [0.5, 0.6) is 11.5 Å². The lowest BCUT2D eigenvalue weighted by Crippen LogP contribution is -2.56. The number of aliphatic hydroxyl groups is 1. The molecule has 1 aliphatic rings. The maximum absolute atomic E-state index is 11.2. The fourth-order valence-corrected chi connectivity index (χ4v) is 2.47. The molecule has 2 N–H and O–H groups in total. The minimum Gasteiger partial charge on any atom is -0.493 e. The van der Waals surface area contributed by atoms with E-state index in [1.54, 1.807) is 6.07 Å². The van der Waals surface area contributed by atoms with Gasteiger partial charge in [-0.3, -0.25) is 10.1 Å². The smallest absolute Gasteiger partial charge is 0.296 e. The number of hydrogen-bond acceptors (Lipinski definition) is 6. The molecule has 0 aliphatic heterocycles. The maximum Gasteiger partial charge on any atom is 0.296 e. The summed E-state index contributed by atoms with van der Waals surface area (Å²) in [6.07, 6.45) is 0.146. The van der Waals surface area contributed by atoms with Gasteiger partial charge in [-0.25, -0.2) is 0 Å². The average molecular weight is 296 g/mol. The minimum atomic E-state index is -0.466. The van der Waals surface area contributed by atoms with Crippen molar-refractivity contribution in [3.8, 4) is 11.5 Å². The summed E-state index contributed by atoms with van der Waals surface area (Å²) in [5, 5.41) is 24.1. The van der Waals surface area contributed by atoms with Crippen LogP contribution in [-0.2, 0) is 0 Å². The monoisotopic (exact) mass is 296 g/mol. The Morgan fingerprint density at radius 2 is 1.90 bits per heavy atom. The topological polar surface area (TPSA) is 93.9 Å². The van der Waals surface area contributed by atoms with Crippen molar-refractivity contribution in [2.45, 2.75) is 32.4 Å². The van der Waals surface area contributed by atoms with E-state index in [4.69, 9.17) is 9.47 Å². The van der Waals surface area contributed by atoms with Gasteiger partial charge in [-0.2, -0.15) is 0 Å². The summed E-state index contributed by atoms with van der Waals surface area (Å²) < 4.78 is 10.3. The third-order valence-electron chi connectivity index (χ3n) is 4.24. The fraction of sp³-hybridized carbons (Fsp3) is 0.571. The van der Waals surface area contributed by atoms with Crippen LogP contribution in [0.2, 0.25) is 0 Å². The molecular weight excluding hydrogens is 276 g/mol. The predicted octanol–water partition coefficient (Wildman–Crippen LogP) is 2.18. The van der Waals surface area contributed by atoms with Crippen molar-refractivity contribution in [2.24, 2.45) is 5.41 Å². The second-order valence-electron chi connectivity index (χ2n) is 5.75. The molecule has 2 atom stereocenters. The Labute approximate surface area is 123 Å². The predicted molar refractivity (Wildman–Crippen MR) is 78.0 cm³/mol. The van der Waals surface area contributed by atoms with E-state index in [2.05, 4.69) is 5.32 Å². The molecule has 0 heterocycles. The summed E-state index contributed by atoms with van der Waals surface area (Å²) in [5.41, 5.74) is -0.0476. The molecule has 1 saturated carbocycles. The van der Waals surface area contributed by atoms with E-state index >= 15 is 0 Å². The van der Waals surface area contributed by atoms with Crippen LogP contribution in [-0.4, -0.2) is 36.4 Å². The number of ether oxygens (including phenoxy) is 2. The highest BCUT2D eigenvalue weighted by molar-refractivity contribution is 5.69. The molecule has 0 radical (unpaired) electrons. The highest BCUT2D eigenvalue weighted by Crippen LogP contribution is 2.45. The Hall–Kier alpha value is -2.02. The van der Waals surface area contributed by atoms with E-state index in [9.17, 15) is 15.2 Å². The molecule has 0 saturated heterocycles. The zero-order valence-electron chi connectivity index (χ0n) is 12.5. The molecule has 1 aromatic carbocycles. The van der Waals surface area contributed by atoms with Crippen molar-refractivity contribution in [1.29, 1.82) is 0 Å². The van der Waals surface area contributed by atoms with Crippen LogP contribution in [0.25, 0.3) is 0 Å². The SMILES string of the molecule is COc1cc(NC2CC(O)C2(C)C)c([N+](=O)[O-])cc1OC. The molecule has 0 spiro atoms. The lowest BCUT2D eigenvalue weighted by atomic mass is 9.64. The number of anilines is 1. The van der Waals surface area contributed by atoms with E-state index in [0.29, 0.717) is 23.6 Å². The van der Waals surface area contributed by atoms with E-state index in [0.717, 1.165) is 0 Å². The van der Waals surface area contributed by atoms with Crippen LogP contribution in [0.4, 0.5) is 11.4 Å². The van der Waals surface area contributed by atoms with Crippen LogP contribution in [0.15, 0.2) is 12.1 Å². The van der Waals surface area contributed by atoms with E-state index in [1.807, 2.05) is 13.8 Å². The van der Waals surface area contributed by atoms with Crippen molar-refractivity contribution < 1.29 is 19.5 Å². The van der Waals surface area contributed by atoms with Gasteiger partial charge in [0.2, 0.25) is 0 Å². The van der Waals surface area contributed by atoms with E-state index < -0.39 is 11.0 Å². The zero-order chi connectivity index (χ0) is 15.8. The number of aliphatic hydroxyl groups excluding tert-OH is 1. The molecule has 7 heteroatoms. The van der Waals surface area contributed by atoms with Crippen molar-refractivity contribution in [1.82, 2.24) is 0 Å². The number of hydrogen-bond donors (Lipinski definition) is 2. The van der Waals surface area contributed by atoms with Gasteiger partial charge in [-0.15, -0.1) is 0 Å². The highest BCUT2D eigenvalue weighted by atomic mass is 16.6. The van der Waals surface area contributed by atoms with Gasteiger partial charge in [0.1, 0.15) is 5.69 Å². The van der Waals surface area contributed by atoms with Crippen LogP contribution < -0.4 is 14.8 Å². The molecule has 2 unspecified atom stereocenters. The van der Waals surface area contributed by atoms with Crippen molar-refractivity contribution in [3.63, 3.8) is 0 Å². The third kappa shape index (κ3) is 2.61. The number of methoxy groups -OCH3 is 2. The molecule has 2 rings (SSSR count). The van der Waals surface area contributed by atoms with Crippen molar-refractivity contribution in [3.05, 3.63) is 22.2 Å². The van der Waals surface area contributed by atoms with Gasteiger partial charge >= 0.3 is 0 Å². The van der Waals surface area contributed by atoms with E-state index in [-0.39, 0.29) is 17.1 Å². The highest BCUT2D eigenvalue weighted by Gasteiger charge is 2.47. The fourth-order valence-electron chi connectivity index (χ4n) is 2.47. The number of nitro groups is 1. The molecule has 0 bridgehead atoms. The number of benzene rings is 1. The Morgan fingerprint density at radius 3 is 2.33 bits per heavy atom. The number of nitro benzene ring substituents is 1. The first-order valence-corrected chi connectivity index (χ1v) is 6.66. The standard InChI is InChI=1S/C14H20N2O5/c1-14(2)12(7-13(14)17)15-8-5-10(20-3)11(21-4)6-9(8)16(18)19/h5-6,12-13,15,17H,7H2,1-4H3. The molecule has 1 fully saturated rings. The van der Waals surface area contributed by atoms with Gasteiger partial charge in [-0.1, -0.05) is 13.8 Å². The zero-order valence-corrected chi connectivity index (χ0v) is 12.5. The second-order valence-corrected chi connectivity index (χ2v) is 5.75. The number of nitrogens with one attached hydrogen (secondary N) is 1. The van der Waals surface area contributed by atoms with Crippen LogP contribution in [0.3, 0.4) is 0 Å². The summed E-state index contributed by atoms with van der Waals surface area (Å²) in [7, 11) is 2.91. The molecule has 0 amide bonds. The summed E-state index contributed by atoms with van der Waals surface area (Å²) in [5.74, 6) is 0.728. The molecule has 0 aromatic heterocycles. The third-order valence-corrected chi connectivity index (χ3v) is 4.24.